The SMILES string of the molecule is COC(=O)NC(C(=O)N1CC(C)CC1c1ncc(-c2ccc(-c3ccc(-c4cnc(C5CC(C)CN5C(=O)C(NC(=O)OC)C(C)C)[nH]4)c4c3CC3(CCCCC3)C4)cc2)[nH]1)C(C)C. The largest absolute Gasteiger partial charge is 0.453 e. The molecular formula is C50H66N8O6. The summed E-state index contributed by atoms with van der Waals surface area (Å²) in [6.07, 6.45) is 12.5. The molecule has 2 saturated heterocycles. The Bertz CT molecular complexity index is 2340. The number of nitrogens with one attached hydrogen (secondary N) is 4. The van der Waals surface area contributed by atoms with Crippen LogP contribution in [0.4, 0.5) is 9.59 Å². The van der Waals surface area contributed by atoms with Gasteiger partial charge in [-0.2, -0.15) is 0 Å². The maximum absolute atomic E-state index is 14.0. The second kappa shape index (κ2) is 18.4. The summed E-state index contributed by atoms with van der Waals surface area (Å²) in [5.41, 5.74) is 9.50. The first-order chi connectivity index (χ1) is 30.7. The van der Waals surface area contributed by atoms with E-state index in [0.29, 0.717) is 13.1 Å². The first-order valence-corrected chi connectivity index (χ1v) is 23.3. The molecule has 14 heteroatoms. The molecule has 8 rings (SSSR count). The average molecular weight is 875 g/mol. The Hall–Kier alpha value is -5.66. The Morgan fingerprint density at radius 2 is 1.11 bits per heavy atom. The lowest BCUT2D eigenvalue weighted by Gasteiger charge is -2.33. The zero-order valence-electron chi connectivity index (χ0n) is 38.8. The predicted molar refractivity (Wildman–Crippen MR) is 245 cm³/mol. The Morgan fingerprint density at radius 3 is 1.61 bits per heavy atom. The van der Waals surface area contributed by atoms with Crippen molar-refractivity contribution < 1.29 is 28.7 Å². The number of likely N-dealkylation sites (tertiary alicyclic amines) is 2. The van der Waals surface area contributed by atoms with Crippen molar-refractivity contribution in [3.05, 3.63) is 71.6 Å². The minimum absolute atomic E-state index is 0.114. The normalized spacial score (nSPS) is 22.5. The number of alkyl carbamates (subject to hydrolysis) is 2. The number of amides is 4. The third kappa shape index (κ3) is 8.89. The summed E-state index contributed by atoms with van der Waals surface area (Å²) < 4.78 is 9.67. The van der Waals surface area contributed by atoms with Crippen LogP contribution in [0.15, 0.2) is 48.8 Å². The standard InChI is InChI=1S/C50H66N8O6/c1-28(2)42(55-48(61)63-7)46(59)57-26-30(5)20-40(57)44-51-24-38(53-44)33-14-12-32(13-15-33)34-16-17-35(37-23-50(22-36(34)37)18-10-9-11-19-50)39-25-52-45(54-39)41-21-31(6)27-58(41)47(60)43(29(3)4)56-49(62)64-8/h12-17,24-25,28-31,40-43H,9-11,18-23,26-27H2,1-8H3,(H,51,53)(H,52,54)(H,55,61)(H,56,62). The Balaban J connectivity index is 1.05. The number of hydrogen-bond donors (Lipinski definition) is 4. The van der Waals surface area contributed by atoms with Crippen LogP contribution < -0.4 is 10.6 Å². The molecule has 4 aromatic rings. The summed E-state index contributed by atoms with van der Waals surface area (Å²) in [4.78, 5) is 72.9. The highest BCUT2D eigenvalue weighted by molar-refractivity contribution is 5.87. The number of aromatic nitrogens is 4. The van der Waals surface area contributed by atoms with Gasteiger partial charge in [-0.05, 0) is 95.4 Å². The summed E-state index contributed by atoms with van der Waals surface area (Å²) >= 11 is 0. The lowest BCUT2D eigenvalue weighted by Crippen LogP contribution is -2.51. The topological polar surface area (TPSA) is 175 Å². The minimum Gasteiger partial charge on any atom is -0.453 e. The molecule has 1 saturated carbocycles. The third-order valence-electron chi connectivity index (χ3n) is 14.4. The molecule has 0 bridgehead atoms. The highest BCUT2D eigenvalue weighted by atomic mass is 16.5. The van der Waals surface area contributed by atoms with E-state index in [1.807, 2.05) is 49.9 Å². The molecule has 2 aromatic carbocycles. The van der Waals surface area contributed by atoms with E-state index in [1.54, 1.807) is 0 Å². The fraction of sp³-hybridized carbons (Fsp3) is 0.560. The van der Waals surface area contributed by atoms with Crippen molar-refractivity contribution in [3.8, 4) is 33.6 Å². The van der Waals surface area contributed by atoms with Crippen molar-refractivity contribution in [2.75, 3.05) is 27.3 Å². The van der Waals surface area contributed by atoms with Crippen molar-refractivity contribution >= 4 is 24.0 Å². The number of benzene rings is 2. The fourth-order valence-electron chi connectivity index (χ4n) is 11.1. The van der Waals surface area contributed by atoms with Crippen LogP contribution in [0.2, 0.25) is 0 Å². The van der Waals surface area contributed by atoms with Gasteiger partial charge in [0.2, 0.25) is 11.8 Å². The molecule has 14 nitrogen and oxygen atoms in total. The van der Waals surface area contributed by atoms with Crippen LogP contribution in [0.1, 0.15) is 121 Å². The van der Waals surface area contributed by atoms with Gasteiger partial charge >= 0.3 is 12.2 Å². The van der Waals surface area contributed by atoms with Crippen molar-refractivity contribution in [3.63, 3.8) is 0 Å². The second-order valence-electron chi connectivity index (χ2n) is 19.9. The van der Waals surface area contributed by atoms with Gasteiger partial charge in [0.25, 0.3) is 0 Å². The zero-order chi connectivity index (χ0) is 45.4. The summed E-state index contributed by atoms with van der Waals surface area (Å²) in [6.45, 7) is 13.2. The molecule has 1 spiro atoms. The number of H-pyrrole nitrogens is 2. The van der Waals surface area contributed by atoms with Crippen LogP contribution in [0, 0.1) is 29.1 Å². The quantitative estimate of drug-likeness (QED) is 0.116. The van der Waals surface area contributed by atoms with Crippen LogP contribution in [0.25, 0.3) is 33.6 Å². The number of rotatable bonds is 11. The number of fused-ring (bicyclic) bond motifs is 1. The molecule has 2 aliphatic heterocycles. The molecule has 342 valence electrons. The van der Waals surface area contributed by atoms with Gasteiger partial charge in [-0.25, -0.2) is 19.6 Å². The number of imidazole rings is 2. The number of nitrogens with zero attached hydrogens (tertiary/aromatic N) is 4. The Labute approximate surface area is 377 Å². The number of aromatic amines is 2. The second-order valence-corrected chi connectivity index (χ2v) is 19.9. The summed E-state index contributed by atoms with van der Waals surface area (Å²) in [7, 11) is 2.61. The molecule has 3 fully saturated rings. The van der Waals surface area contributed by atoms with Crippen LogP contribution >= 0.6 is 0 Å². The van der Waals surface area contributed by atoms with E-state index in [9.17, 15) is 19.2 Å². The molecule has 4 amide bonds. The van der Waals surface area contributed by atoms with Gasteiger partial charge in [-0.3, -0.25) is 9.59 Å². The Morgan fingerprint density at radius 1 is 0.656 bits per heavy atom. The first-order valence-electron chi connectivity index (χ1n) is 23.3. The van der Waals surface area contributed by atoms with Gasteiger partial charge in [-0.1, -0.05) is 97.2 Å². The smallest absolute Gasteiger partial charge is 0.407 e. The van der Waals surface area contributed by atoms with E-state index >= 15 is 0 Å². The number of carbonyl (C=O) groups is 4. The molecule has 2 aromatic heterocycles. The zero-order valence-corrected chi connectivity index (χ0v) is 38.8. The number of carbonyl (C=O) groups excluding carboxylic acids is 4. The van der Waals surface area contributed by atoms with E-state index in [1.165, 1.54) is 68.6 Å². The minimum atomic E-state index is -0.700. The van der Waals surface area contributed by atoms with E-state index in [0.717, 1.165) is 59.8 Å². The summed E-state index contributed by atoms with van der Waals surface area (Å²) in [5.74, 6) is 1.59. The molecule has 4 N–H and O–H groups in total. The molecular weight excluding hydrogens is 809 g/mol. The fourth-order valence-corrected chi connectivity index (χ4v) is 11.1. The van der Waals surface area contributed by atoms with Crippen molar-refractivity contribution in [2.24, 2.45) is 29.1 Å². The van der Waals surface area contributed by atoms with Gasteiger partial charge in [0, 0.05) is 18.7 Å². The summed E-state index contributed by atoms with van der Waals surface area (Å²) in [5, 5.41) is 5.50. The number of methoxy groups -OCH3 is 2. The van der Waals surface area contributed by atoms with Crippen LogP contribution in [0.5, 0.6) is 0 Å². The number of ether oxygens (including phenoxy) is 2. The van der Waals surface area contributed by atoms with E-state index in [2.05, 4.69) is 70.8 Å². The average Bonchev–Trinajstić information content (AvgIpc) is 4.14. The van der Waals surface area contributed by atoms with Gasteiger partial charge < -0.3 is 39.9 Å². The van der Waals surface area contributed by atoms with Gasteiger partial charge in [0.15, 0.2) is 0 Å². The lowest BCUT2D eigenvalue weighted by atomic mass is 9.72. The first kappa shape index (κ1) is 44.9. The molecule has 0 radical (unpaired) electrons. The molecule has 6 atom stereocenters. The molecule has 4 aliphatic rings. The molecule has 6 unspecified atom stereocenters. The van der Waals surface area contributed by atoms with Gasteiger partial charge in [0.1, 0.15) is 23.7 Å². The van der Waals surface area contributed by atoms with Crippen LogP contribution in [-0.4, -0.2) is 93.1 Å². The highest BCUT2D eigenvalue weighted by Gasteiger charge is 2.43. The third-order valence-corrected chi connectivity index (χ3v) is 14.4. The van der Waals surface area contributed by atoms with E-state index in [4.69, 9.17) is 19.4 Å². The van der Waals surface area contributed by atoms with Crippen LogP contribution in [0.3, 0.4) is 0 Å². The van der Waals surface area contributed by atoms with Crippen molar-refractivity contribution in [2.45, 2.75) is 123 Å². The lowest BCUT2D eigenvalue weighted by molar-refractivity contribution is -0.136. The van der Waals surface area contributed by atoms with Crippen molar-refractivity contribution in [1.82, 2.24) is 40.4 Å². The monoisotopic (exact) mass is 875 g/mol. The molecule has 4 heterocycles. The van der Waals surface area contributed by atoms with E-state index < -0.39 is 24.3 Å². The van der Waals surface area contributed by atoms with Gasteiger partial charge in [-0.15, -0.1) is 0 Å². The van der Waals surface area contributed by atoms with Crippen LogP contribution in [-0.2, 0) is 31.9 Å². The maximum atomic E-state index is 14.0. The maximum Gasteiger partial charge on any atom is 0.407 e. The summed E-state index contributed by atoms with van der Waals surface area (Å²) in [6, 6.07) is 11.4. The molecule has 2 aliphatic carbocycles. The van der Waals surface area contributed by atoms with E-state index in [-0.39, 0.29) is 53.0 Å². The predicted octanol–water partition coefficient (Wildman–Crippen LogP) is 8.76. The Kier molecular flexibility index (Phi) is 12.9. The number of hydrogen-bond acceptors (Lipinski definition) is 8. The van der Waals surface area contributed by atoms with Gasteiger partial charge in [0.05, 0.1) is 50.1 Å². The van der Waals surface area contributed by atoms with Crippen molar-refractivity contribution in [1.29, 1.82) is 0 Å². The highest BCUT2D eigenvalue weighted by Crippen LogP contribution is 2.52. The molecule has 64 heavy (non-hydrogen) atoms.